The summed E-state index contributed by atoms with van der Waals surface area (Å²) < 4.78 is 26.9. The first-order valence-corrected chi connectivity index (χ1v) is 6.33. The van der Waals surface area contributed by atoms with Gasteiger partial charge < -0.3 is 5.32 Å². The smallest absolute Gasteiger partial charge is 0.124 e. The SMILES string of the molecule is Fc1ccc(CC(F)C2CCNCC2)c(Cl)c1. The van der Waals surface area contributed by atoms with E-state index >= 15 is 0 Å². The summed E-state index contributed by atoms with van der Waals surface area (Å²) in [5, 5.41) is 3.53. The fourth-order valence-corrected chi connectivity index (χ4v) is 2.51. The Bertz CT molecular complexity index is 378. The first-order valence-electron chi connectivity index (χ1n) is 5.95. The van der Waals surface area contributed by atoms with Gasteiger partial charge in [0.2, 0.25) is 0 Å². The maximum Gasteiger partial charge on any atom is 0.124 e. The summed E-state index contributed by atoms with van der Waals surface area (Å²) in [6.45, 7) is 1.75. The van der Waals surface area contributed by atoms with Crippen LogP contribution in [-0.4, -0.2) is 19.3 Å². The van der Waals surface area contributed by atoms with Crippen LogP contribution in [0.3, 0.4) is 0 Å². The maximum absolute atomic E-state index is 14.1. The molecule has 94 valence electrons. The molecular formula is C13H16ClF2N. The van der Waals surface area contributed by atoms with Gasteiger partial charge in [0.15, 0.2) is 0 Å². The molecule has 1 saturated heterocycles. The Labute approximate surface area is 105 Å². The zero-order valence-corrected chi connectivity index (χ0v) is 10.3. The third kappa shape index (κ3) is 3.39. The van der Waals surface area contributed by atoms with Crippen molar-refractivity contribution in [2.24, 2.45) is 5.92 Å². The third-order valence-electron chi connectivity index (χ3n) is 3.33. The summed E-state index contributed by atoms with van der Waals surface area (Å²) in [6, 6.07) is 4.15. The summed E-state index contributed by atoms with van der Waals surface area (Å²) >= 11 is 5.89. The second-order valence-electron chi connectivity index (χ2n) is 4.54. The normalized spacial score (nSPS) is 19.2. The Kier molecular flexibility index (Phi) is 4.35. The number of piperidine rings is 1. The highest BCUT2D eigenvalue weighted by atomic mass is 35.5. The topological polar surface area (TPSA) is 12.0 Å². The van der Waals surface area contributed by atoms with Gasteiger partial charge in [0.25, 0.3) is 0 Å². The van der Waals surface area contributed by atoms with Gasteiger partial charge in [-0.1, -0.05) is 17.7 Å². The third-order valence-corrected chi connectivity index (χ3v) is 3.68. The molecule has 1 aliphatic rings. The minimum absolute atomic E-state index is 0.0948. The number of halogens is 3. The zero-order valence-electron chi connectivity index (χ0n) is 9.56. The Morgan fingerprint density at radius 2 is 2.06 bits per heavy atom. The van der Waals surface area contributed by atoms with E-state index in [0.717, 1.165) is 25.9 Å². The number of nitrogens with one attached hydrogen (secondary N) is 1. The minimum Gasteiger partial charge on any atom is -0.317 e. The monoisotopic (exact) mass is 259 g/mol. The van der Waals surface area contributed by atoms with Gasteiger partial charge in [-0.25, -0.2) is 8.78 Å². The van der Waals surface area contributed by atoms with Gasteiger partial charge in [-0.3, -0.25) is 0 Å². The molecule has 0 radical (unpaired) electrons. The van der Waals surface area contributed by atoms with Crippen molar-refractivity contribution in [3.8, 4) is 0 Å². The van der Waals surface area contributed by atoms with Crippen molar-refractivity contribution in [1.29, 1.82) is 0 Å². The van der Waals surface area contributed by atoms with E-state index in [2.05, 4.69) is 5.32 Å². The predicted octanol–water partition coefficient (Wildman–Crippen LogP) is 3.36. The van der Waals surface area contributed by atoms with Crippen molar-refractivity contribution in [3.05, 3.63) is 34.6 Å². The first kappa shape index (κ1) is 12.8. The van der Waals surface area contributed by atoms with Crippen LogP contribution in [0.5, 0.6) is 0 Å². The minimum atomic E-state index is -0.889. The largest absolute Gasteiger partial charge is 0.317 e. The number of hydrogen-bond donors (Lipinski definition) is 1. The van der Waals surface area contributed by atoms with Crippen molar-refractivity contribution in [2.75, 3.05) is 13.1 Å². The lowest BCUT2D eigenvalue weighted by molar-refractivity contribution is 0.187. The maximum atomic E-state index is 14.1. The summed E-state index contributed by atoms with van der Waals surface area (Å²) in [6.07, 6.45) is 1.11. The van der Waals surface area contributed by atoms with Crippen molar-refractivity contribution in [2.45, 2.75) is 25.4 Å². The molecule has 1 heterocycles. The first-order chi connectivity index (χ1) is 8.16. The van der Waals surface area contributed by atoms with Gasteiger partial charge in [0.05, 0.1) is 0 Å². The van der Waals surface area contributed by atoms with Crippen LogP contribution in [0.4, 0.5) is 8.78 Å². The highest BCUT2D eigenvalue weighted by Gasteiger charge is 2.23. The molecule has 0 spiro atoms. The van der Waals surface area contributed by atoms with Gasteiger partial charge >= 0.3 is 0 Å². The van der Waals surface area contributed by atoms with Crippen molar-refractivity contribution >= 4 is 11.6 Å². The Morgan fingerprint density at radius 1 is 1.35 bits per heavy atom. The molecule has 1 atom stereocenters. The lowest BCUT2D eigenvalue weighted by atomic mass is 9.89. The summed E-state index contributed by atoms with van der Waals surface area (Å²) in [4.78, 5) is 0. The van der Waals surface area contributed by atoms with Crippen LogP contribution in [-0.2, 0) is 6.42 Å². The average molecular weight is 260 g/mol. The lowest BCUT2D eigenvalue weighted by Crippen LogP contribution is -2.33. The number of rotatable bonds is 3. The number of hydrogen-bond acceptors (Lipinski definition) is 1. The Morgan fingerprint density at radius 3 is 2.71 bits per heavy atom. The van der Waals surface area contributed by atoms with Crippen LogP contribution in [0.15, 0.2) is 18.2 Å². The Balaban J connectivity index is 1.99. The molecule has 17 heavy (non-hydrogen) atoms. The fourth-order valence-electron chi connectivity index (χ4n) is 2.27. The van der Waals surface area contributed by atoms with Crippen LogP contribution < -0.4 is 5.32 Å². The van der Waals surface area contributed by atoms with E-state index in [9.17, 15) is 8.78 Å². The van der Waals surface area contributed by atoms with E-state index in [1.54, 1.807) is 6.07 Å². The Hall–Kier alpha value is -0.670. The van der Waals surface area contributed by atoms with Gasteiger partial charge in [-0.15, -0.1) is 0 Å². The van der Waals surface area contributed by atoms with E-state index in [0.29, 0.717) is 10.6 Å². The van der Waals surface area contributed by atoms with Crippen molar-refractivity contribution in [1.82, 2.24) is 5.32 Å². The standard InChI is InChI=1S/C13H16ClF2N/c14-12-8-11(15)2-1-10(12)7-13(16)9-3-5-17-6-4-9/h1-2,8-9,13,17H,3-7H2. The van der Waals surface area contributed by atoms with E-state index < -0.39 is 6.17 Å². The molecule has 1 N–H and O–H groups in total. The molecule has 0 aromatic heterocycles. The quantitative estimate of drug-likeness (QED) is 0.878. The van der Waals surface area contributed by atoms with Gasteiger partial charge in [0, 0.05) is 11.4 Å². The van der Waals surface area contributed by atoms with Gasteiger partial charge in [-0.2, -0.15) is 0 Å². The molecule has 0 aliphatic carbocycles. The molecule has 0 bridgehead atoms. The highest BCUT2D eigenvalue weighted by molar-refractivity contribution is 6.31. The van der Waals surface area contributed by atoms with Crippen molar-refractivity contribution in [3.63, 3.8) is 0 Å². The molecule has 1 nitrogen and oxygen atoms in total. The average Bonchev–Trinajstić information content (AvgIpc) is 2.34. The molecule has 4 heteroatoms. The molecule has 1 unspecified atom stereocenters. The summed E-state index contributed by atoms with van der Waals surface area (Å²) in [7, 11) is 0. The molecule has 1 aromatic rings. The van der Waals surface area contributed by atoms with Gasteiger partial charge in [0.1, 0.15) is 12.0 Å². The molecule has 1 fully saturated rings. The van der Waals surface area contributed by atoms with Crippen LogP contribution in [0.25, 0.3) is 0 Å². The highest BCUT2D eigenvalue weighted by Crippen LogP contribution is 2.25. The second-order valence-corrected chi connectivity index (χ2v) is 4.95. The van der Waals surface area contributed by atoms with Gasteiger partial charge in [-0.05, 0) is 49.5 Å². The zero-order chi connectivity index (χ0) is 12.3. The van der Waals surface area contributed by atoms with E-state index in [1.807, 2.05) is 0 Å². The molecule has 1 aromatic carbocycles. The molecular weight excluding hydrogens is 244 g/mol. The second kappa shape index (κ2) is 5.78. The summed E-state index contributed by atoms with van der Waals surface area (Å²) in [5.74, 6) is -0.284. The van der Waals surface area contributed by atoms with Crippen LogP contribution in [0.2, 0.25) is 5.02 Å². The van der Waals surface area contributed by atoms with Crippen LogP contribution in [0.1, 0.15) is 18.4 Å². The number of alkyl halides is 1. The molecule has 0 amide bonds. The van der Waals surface area contributed by atoms with Crippen LogP contribution >= 0.6 is 11.6 Å². The molecule has 1 aliphatic heterocycles. The molecule has 0 saturated carbocycles. The molecule has 2 rings (SSSR count). The van der Waals surface area contributed by atoms with E-state index in [1.165, 1.54) is 12.1 Å². The lowest BCUT2D eigenvalue weighted by Gasteiger charge is -2.26. The predicted molar refractivity (Wildman–Crippen MR) is 65.6 cm³/mol. The fraction of sp³-hybridized carbons (Fsp3) is 0.538. The number of benzene rings is 1. The van der Waals surface area contributed by atoms with E-state index in [4.69, 9.17) is 11.6 Å². The van der Waals surface area contributed by atoms with Crippen LogP contribution in [0, 0.1) is 11.7 Å². The van der Waals surface area contributed by atoms with E-state index in [-0.39, 0.29) is 18.2 Å². The summed E-state index contributed by atoms with van der Waals surface area (Å²) in [5.41, 5.74) is 0.694. The van der Waals surface area contributed by atoms with Crippen molar-refractivity contribution < 1.29 is 8.78 Å².